The minimum atomic E-state index is -1.48. The minimum absolute atomic E-state index is 0.0777. The number of nitriles is 1. The Labute approximate surface area is 110 Å². The largest absolute Gasteiger partial charge is 0.379 e. The van der Waals surface area contributed by atoms with Crippen LogP contribution in [0.25, 0.3) is 0 Å². The maximum absolute atomic E-state index is 13.6. The van der Waals surface area contributed by atoms with Crippen LogP contribution in [0.4, 0.5) is 18.9 Å². The first-order valence-electron chi connectivity index (χ1n) is 6.43. The van der Waals surface area contributed by atoms with Gasteiger partial charge in [0, 0.05) is 6.04 Å². The van der Waals surface area contributed by atoms with Crippen molar-refractivity contribution in [2.24, 2.45) is 5.92 Å². The van der Waals surface area contributed by atoms with Crippen molar-refractivity contribution in [2.45, 2.75) is 38.1 Å². The van der Waals surface area contributed by atoms with Crippen LogP contribution in [0.5, 0.6) is 0 Å². The summed E-state index contributed by atoms with van der Waals surface area (Å²) in [5.41, 5.74) is -0.0777. The van der Waals surface area contributed by atoms with Gasteiger partial charge in [0.25, 0.3) is 0 Å². The maximum atomic E-state index is 13.6. The van der Waals surface area contributed by atoms with Crippen LogP contribution in [0.15, 0.2) is 12.1 Å². The lowest BCUT2D eigenvalue weighted by Gasteiger charge is -2.22. The number of benzene rings is 1. The van der Waals surface area contributed by atoms with Gasteiger partial charge < -0.3 is 5.32 Å². The van der Waals surface area contributed by atoms with E-state index in [1.807, 2.05) is 0 Å². The topological polar surface area (TPSA) is 35.8 Å². The van der Waals surface area contributed by atoms with Gasteiger partial charge in [-0.25, -0.2) is 13.2 Å². The Kier molecular flexibility index (Phi) is 4.31. The molecule has 19 heavy (non-hydrogen) atoms. The summed E-state index contributed by atoms with van der Waals surface area (Å²) in [6.07, 6.45) is 4.44. The van der Waals surface area contributed by atoms with Gasteiger partial charge in [0.05, 0.1) is 17.7 Å². The summed E-state index contributed by atoms with van der Waals surface area (Å²) in [7, 11) is 0. The fourth-order valence-corrected chi connectivity index (χ4v) is 2.47. The number of nitrogens with zero attached hydrogens (tertiary/aromatic N) is 1. The van der Waals surface area contributed by atoms with Gasteiger partial charge in [-0.2, -0.15) is 5.26 Å². The van der Waals surface area contributed by atoms with E-state index in [1.54, 1.807) is 0 Å². The van der Waals surface area contributed by atoms with Gasteiger partial charge in [0.15, 0.2) is 17.5 Å². The highest BCUT2D eigenvalue weighted by Gasteiger charge is 2.25. The average Bonchev–Trinajstić information content (AvgIpc) is 2.64. The van der Waals surface area contributed by atoms with Crippen molar-refractivity contribution in [1.29, 1.82) is 5.26 Å². The average molecular weight is 268 g/mol. The van der Waals surface area contributed by atoms with Crippen LogP contribution >= 0.6 is 0 Å². The summed E-state index contributed by atoms with van der Waals surface area (Å²) in [6.45, 7) is 0. The Morgan fingerprint density at radius 2 is 1.79 bits per heavy atom. The lowest BCUT2D eigenvalue weighted by Crippen LogP contribution is -2.27. The fourth-order valence-electron chi connectivity index (χ4n) is 2.47. The van der Waals surface area contributed by atoms with Crippen molar-refractivity contribution < 1.29 is 13.2 Å². The molecule has 1 aromatic rings. The van der Waals surface area contributed by atoms with Crippen LogP contribution in [-0.2, 0) is 0 Å². The van der Waals surface area contributed by atoms with Crippen molar-refractivity contribution in [3.05, 3.63) is 29.6 Å². The highest BCUT2D eigenvalue weighted by molar-refractivity contribution is 5.46. The molecular weight excluding hydrogens is 253 g/mol. The predicted molar refractivity (Wildman–Crippen MR) is 65.9 cm³/mol. The van der Waals surface area contributed by atoms with E-state index >= 15 is 0 Å². The molecule has 0 heterocycles. The lowest BCUT2D eigenvalue weighted by atomic mass is 9.96. The third kappa shape index (κ3) is 3.01. The Morgan fingerprint density at radius 3 is 2.53 bits per heavy atom. The highest BCUT2D eigenvalue weighted by Crippen LogP contribution is 2.28. The van der Waals surface area contributed by atoms with E-state index in [1.165, 1.54) is 6.07 Å². The Balaban J connectivity index is 2.19. The number of halogens is 3. The first-order valence-corrected chi connectivity index (χ1v) is 6.43. The van der Waals surface area contributed by atoms with Crippen LogP contribution in [0.1, 0.15) is 32.1 Å². The second-order valence-electron chi connectivity index (χ2n) is 4.85. The highest BCUT2D eigenvalue weighted by atomic mass is 19.2. The number of hydrogen-bond donors (Lipinski definition) is 1. The van der Waals surface area contributed by atoms with Gasteiger partial charge in [-0.1, -0.05) is 19.3 Å². The number of hydrogen-bond acceptors (Lipinski definition) is 2. The smallest absolute Gasteiger partial charge is 0.196 e. The summed E-state index contributed by atoms with van der Waals surface area (Å²) in [5, 5.41) is 12.0. The zero-order valence-electron chi connectivity index (χ0n) is 10.4. The molecule has 2 rings (SSSR count). The van der Waals surface area contributed by atoms with Crippen LogP contribution in [0, 0.1) is 34.7 Å². The number of nitrogens with one attached hydrogen (secondary N) is 1. The van der Waals surface area contributed by atoms with Gasteiger partial charge in [0.1, 0.15) is 0 Å². The van der Waals surface area contributed by atoms with Gasteiger partial charge in [0.2, 0.25) is 0 Å². The molecule has 2 atom stereocenters. The molecule has 5 heteroatoms. The molecule has 0 aliphatic heterocycles. The Bertz CT molecular complexity index is 496. The maximum Gasteiger partial charge on any atom is 0.196 e. The van der Waals surface area contributed by atoms with Gasteiger partial charge >= 0.3 is 0 Å². The zero-order valence-corrected chi connectivity index (χ0v) is 10.4. The van der Waals surface area contributed by atoms with Crippen molar-refractivity contribution in [1.82, 2.24) is 0 Å². The van der Waals surface area contributed by atoms with Crippen LogP contribution in [-0.4, -0.2) is 6.04 Å². The summed E-state index contributed by atoms with van der Waals surface area (Å²) in [6, 6.07) is 4.05. The Hall–Kier alpha value is -1.70. The van der Waals surface area contributed by atoms with Crippen LogP contribution < -0.4 is 5.32 Å². The molecule has 2 nitrogen and oxygen atoms in total. The van der Waals surface area contributed by atoms with Gasteiger partial charge in [-0.05, 0) is 25.0 Å². The number of rotatable bonds is 2. The summed E-state index contributed by atoms with van der Waals surface area (Å²) < 4.78 is 39.6. The second kappa shape index (κ2) is 5.96. The molecule has 1 saturated carbocycles. The molecule has 0 saturated heterocycles. The molecule has 0 radical (unpaired) electrons. The zero-order chi connectivity index (χ0) is 13.8. The van der Waals surface area contributed by atoms with Crippen molar-refractivity contribution in [3.8, 4) is 6.07 Å². The Morgan fingerprint density at radius 1 is 1.05 bits per heavy atom. The minimum Gasteiger partial charge on any atom is -0.379 e. The van der Waals surface area contributed by atoms with Crippen LogP contribution in [0.3, 0.4) is 0 Å². The molecule has 1 fully saturated rings. The molecule has 1 aliphatic carbocycles. The predicted octanol–water partition coefficient (Wildman–Crippen LogP) is 3.99. The molecule has 1 aliphatic rings. The lowest BCUT2D eigenvalue weighted by molar-refractivity contribution is 0.445. The standard InChI is InChI=1S/C14H15F3N2/c15-10-6-7-12(14(17)13(10)16)19-11-5-3-1-2-4-9(11)8-18/h6-7,9,11,19H,1-5H2. The van der Waals surface area contributed by atoms with Gasteiger partial charge in [-0.15, -0.1) is 0 Å². The molecule has 102 valence electrons. The molecule has 0 amide bonds. The molecular formula is C14H15F3N2. The quantitative estimate of drug-likeness (QED) is 0.650. The molecule has 2 unspecified atom stereocenters. The number of anilines is 1. The molecule has 0 bridgehead atoms. The normalized spacial score (nSPS) is 23.5. The van der Waals surface area contributed by atoms with Crippen molar-refractivity contribution in [3.63, 3.8) is 0 Å². The third-order valence-corrected chi connectivity index (χ3v) is 3.56. The fraction of sp³-hybridized carbons (Fsp3) is 0.500. The SMILES string of the molecule is N#CC1CCCCCC1Nc1ccc(F)c(F)c1F. The van der Waals surface area contributed by atoms with E-state index in [2.05, 4.69) is 11.4 Å². The van der Waals surface area contributed by atoms with E-state index in [4.69, 9.17) is 5.26 Å². The third-order valence-electron chi connectivity index (χ3n) is 3.56. The van der Waals surface area contributed by atoms with Crippen LogP contribution in [0.2, 0.25) is 0 Å². The first-order chi connectivity index (χ1) is 9.13. The van der Waals surface area contributed by atoms with Crippen molar-refractivity contribution >= 4 is 5.69 Å². The molecule has 0 spiro atoms. The summed E-state index contributed by atoms with van der Waals surface area (Å²) in [5.74, 6) is -4.14. The summed E-state index contributed by atoms with van der Waals surface area (Å²) >= 11 is 0. The van der Waals surface area contributed by atoms with E-state index in [0.29, 0.717) is 0 Å². The van der Waals surface area contributed by atoms with E-state index in [-0.39, 0.29) is 17.6 Å². The molecule has 1 N–H and O–H groups in total. The summed E-state index contributed by atoms with van der Waals surface area (Å²) in [4.78, 5) is 0. The second-order valence-corrected chi connectivity index (χ2v) is 4.85. The van der Waals surface area contributed by atoms with E-state index in [9.17, 15) is 13.2 Å². The van der Waals surface area contributed by atoms with Crippen molar-refractivity contribution in [2.75, 3.05) is 5.32 Å². The van der Waals surface area contributed by atoms with E-state index < -0.39 is 17.5 Å². The monoisotopic (exact) mass is 268 g/mol. The molecule has 0 aromatic heterocycles. The first kappa shape index (κ1) is 13.7. The van der Waals surface area contributed by atoms with E-state index in [0.717, 1.165) is 38.2 Å². The van der Waals surface area contributed by atoms with Gasteiger partial charge in [-0.3, -0.25) is 0 Å². The molecule has 1 aromatic carbocycles.